The molecular weight excluding hydrogens is 384 g/mol. The third-order valence-corrected chi connectivity index (χ3v) is 6.00. The van der Waals surface area contributed by atoms with Gasteiger partial charge in [-0.05, 0) is 49.2 Å². The fraction of sp³-hybridized carbons (Fsp3) is 0.364. The van der Waals surface area contributed by atoms with E-state index in [1.807, 2.05) is 32.0 Å². The highest BCUT2D eigenvalue weighted by Crippen LogP contribution is 2.32. The summed E-state index contributed by atoms with van der Waals surface area (Å²) < 4.78 is 10.6. The third kappa shape index (κ3) is 3.18. The van der Waals surface area contributed by atoms with Crippen molar-refractivity contribution in [1.29, 1.82) is 0 Å². The van der Waals surface area contributed by atoms with Gasteiger partial charge in [-0.3, -0.25) is 9.59 Å². The summed E-state index contributed by atoms with van der Waals surface area (Å²) in [5, 5.41) is 3.94. The second-order valence-electron chi connectivity index (χ2n) is 8.05. The van der Waals surface area contributed by atoms with Gasteiger partial charge in [-0.25, -0.2) is 0 Å². The largest absolute Gasteiger partial charge is 0.461 e. The molecule has 2 aromatic heterocycles. The summed E-state index contributed by atoms with van der Waals surface area (Å²) in [4.78, 5) is 33.3. The Hall–Kier alpha value is -3.42. The number of carbonyl (C=O) groups excluding carboxylic acids is 2. The van der Waals surface area contributed by atoms with E-state index in [-0.39, 0.29) is 30.1 Å². The summed E-state index contributed by atoms with van der Waals surface area (Å²) in [7, 11) is 0. The van der Waals surface area contributed by atoms with Crippen LogP contribution in [0.25, 0.3) is 11.6 Å². The number of aryl methyl sites for hydroxylation is 2. The van der Waals surface area contributed by atoms with Crippen molar-refractivity contribution in [2.75, 3.05) is 24.5 Å². The quantitative estimate of drug-likeness (QED) is 0.661. The van der Waals surface area contributed by atoms with Gasteiger partial charge in [-0.1, -0.05) is 11.2 Å². The Labute approximate surface area is 173 Å². The minimum atomic E-state index is -0.318. The number of anilines is 1. The molecule has 4 heterocycles. The van der Waals surface area contributed by atoms with Crippen molar-refractivity contribution in [3.8, 4) is 11.6 Å². The summed E-state index contributed by atoms with van der Waals surface area (Å²) in [5.74, 6) is 1.16. The van der Waals surface area contributed by atoms with Gasteiger partial charge in [0, 0.05) is 31.7 Å². The van der Waals surface area contributed by atoms with Crippen molar-refractivity contribution in [3.05, 3.63) is 53.6 Å². The van der Waals surface area contributed by atoms with E-state index < -0.39 is 0 Å². The normalized spacial score (nSPS) is 19.4. The predicted octanol–water partition coefficient (Wildman–Crippen LogP) is 2.93. The van der Waals surface area contributed by atoms with Gasteiger partial charge in [-0.2, -0.15) is 4.98 Å². The highest BCUT2D eigenvalue weighted by atomic mass is 16.5. The Morgan fingerprint density at radius 2 is 1.97 bits per heavy atom. The highest BCUT2D eigenvalue weighted by molar-refractivity contribution is 6.00. The van der Waals surface area contributed by atoms with E-state index in [9.17, 15) is 9.59 Å². The van der Waals surface area contributed by atoms with Crippen LogP contribution < -0.4 is 4.90 Å². The van der Waals surface area contributed by atoms with E-state index in [0.29, 0.717) is 37.1 Å². The van der Waals surface area contributed by atoms with Gasteiger partial charge in [0.15, 0.2) is 5.76 Å². The molecule has 0 bridgehead atoms. The van der Waals surface area contributed by atoms with Crippen LogP contribution in [-0.4, -0.2) is 46.5 Å². The molecule has 2 amide bonds. The molecule has 1 atom stereocenters. The number of furan rings is 1. The van der Waals surface area contributed by atoms with Crippen molar-refractivity contribution >= 4 is 17.5 Å². The summed E-state index contributed by atoms with van der Waals surface area (Å²) in [6.45, 7) is 5.53. The number of likely N-dealkylation sites (tertiary alicyclic amines) is 1. The Morgan fingerprint density at radius 3 is 2.70 bits per heavy atom. The Morgan fingerprint density at radius 1 is 1.13 bits per heavy atom. The fourth-order valence-corrected chi connectivity index (χ4v) is 4.00. The highest BCUT2D eigenvalue weighted by Gasteiger charge is 2.42. The lowest BCUT2D eigenvalue weighted by atomic mass is 9.96. The van der Waals surface area contributed by atoms with E-state index in [1.54, 1.807) is 28.2 Å². The minimum Gasteiger partial charge on any atom is -0.461 e. The Kier molecular flexibility index (Phi) is 4.42. The minimum absolute atomic E-state index is 0.00586. The number of amides is 2. The van der Waals surface area contributed by atoms with Gasteiger partial charge in [0.1, 0.15) is 0 Å². The average Bonchev–Trinajstić information content (AvgIpc) is 3.43. The van der Waals surface area contributed by atoms with Gasteiger partial charge in [0.05, 0.1) is 18.1 Å². The molecule has 3 aromatic rings. The lowest BCUT2D eigenvalue weighted by Gasteiger charge is -2.38. The first-order valence-corrected chi connectivity index (χ1v) is 10.0. The van der Waals surface area contributed by atoms with Crippen LogP contribution in [0.5, 0.6) is 0 Å². The van der Waals surface area contributed by atoms with Gasteiger partial charge >= 0.3 is 0 Å². The van der Waals surface area contributed by atoms with E-state index in [4.69, 9.17) is 8.94 Å². The van der Waals surface area contributed by atoms with Crippen molar-refractivity contribution in [3.63, 3.8) is 0 Å². The zero-order chi connectivity index (χ0) is 20.8. The van der Waals surface area contributed by atoms with E-state index in [0.717, 1.165) is 11.3 Å². The SMILES string of the molecule is Cc1ccc(N2CC(C(=O)N3CC(c4nc(-c5ccco5)no4)C3)CC2=O)cc1C. The van der Waals surface area contributed by atoms with Crippen molar-refractivity contribution in [2.24, 2.45) is 5.92 Å². The molecule has 30 heavy (non-hydrogen) atoms. The number of aromatic nitrogens is 2. The molecule has 0 saturated carbocycles. The fourth-order valence-electron chi connectivity index (χ4n) is 4.00. The van der Waals surface area contributed by atoms with Crippen molar-refractivity contribution in [2.45, 2.75) is 26.2 Å². The molecule has 2 aliphatic heterocycles. The molecule has 0 aliphatic carbocycles. The maximum absolute atomic E-state index is 12.9. The summed E-state index contributed by atoms with van der Waals surface area (Å²) in [6.07, 6.45) is 1.80. The second kappa shape index (κ2) is 7.12. The number of nitrogens with zero attached hydrogens (tertiary/aromatic N) is 4. The molecular formula is C22H22N4O4. The van der Waals surface area contributed by atoms with Crippen LogP contribution in [0.1, 0.15) is 29.4 Å². The predicted molar refractivity (Wildman–Crippen MR) is 108 cm³/mol. The maximum Gasteiger partial charge on any atom is 0.238 e. The maximum atomic E-state index is 12.9. The third-order valence-electron chi connectivity index (χ3n) is 6.00. The first-order chi connectivity index (χ1) is 14.5. The molecule has 0 radical (unpaired) electrons. The number of carbonyl (C=O) groups is 2. The van der Waals surface area contributed by atoms with Gasteiger partial charge in [0.25, 0.3) is 0 Å². The van der Waals surface area contributed by atoms with Crippen LogP contribution in [0, 0.1) is 19.8 Å². The summed E-state index contributed by atoms with van der Waals surface area (Å²) >= 11 is 0. The van der Waals surface area contributed by atoms with Crippen LogP contribution in [0.2, 0.25) is 0 Å². The molecule has 1 unspecified atom stereocenters. The van der Waals surface area contributed by atoms with E-state index in [1.165, 1.54) is 5.56 Å². The van der Waals surface area contributed by atoms with E-state index in [2.05, 4.69) is 10.1 Å². The first kappa shape index (κ1) is 18.6. The molecule has 8 nitrogen and oxygen atoms in total. The molecule has 154 valence electrons. The molecule has 5 rings (SSSR count). The van der Waals surface area contributed by atoms with Crippen LogP contribution >= 0.6 is 0 Å². The molecule has 1 aromatic carbocycles. The summed E-state index contributed by atoms with van der Waals surface area (Å²) in [6, 6.07) is 9.49. The lowest BCUT2D eigenvalue weighted by molar-refractivity contribution is -0.140. The van der Waals surface area contributed by atoms with Crippen LogP contribution in [-0.2, 0) is 9.59 Å². The van der Waals surface area contributed by atoms with Crippen LogP contribution in [0.4, 0.5) is 5.69 Å². The molecule has 8 heteroatoms. The molecule has 0 spiro atoms. The molecule has 0 N–H and O–H groups in total. The van der Waals surface area contributed by atoms with Crippen molar-refractivity contribution < 1.29 is 18.5 Å². The zero-order valence-corrected chi connectivity index (χ0v) is 16.9. The van der Waals surface area contributed by atoms with Crippen LogP contribution in [0.3, 0.4) is 0 Å². The van der Waals surface area contributed by atoms with Gasteiger partial charge in [0.2, 0.25) is 23.5 Å². The topological polar surface area (TPSA) is 92.7 Å². The summed E-state index contributed by atoms with van der Waals surface area (Å²) in [5.41, 5.74) is 3.17. The Balaban J connectivity index is 1.21. The Bertz CT molecular complexity index is 1100. The van der Waals surface area contributed by atoms with Gasteiger partial charge in [-0.15, -0.1) is 0 Å². The first-order valence-electron chi connectivity index (χ1n) is 10.0. The second-order valence-corrected chi connectivity index (χ2v) is 8.05. The van der Waals surface area contributed by atoms with Gasteiger partial charge < -0.3 is 18.7 Å². The van der Waals surface area contributed by atoms with Crippen molar-refractivity contribution in [1.82, 2.24) is 15.0 Å². The molecule has 2 saturated heterocycles. The number of benzene rings is 1. The smallest absolute Gasteiger partial charge is 0.238 e. The molecule has 2 fully saturated rings. The number of hydrogen-bond donors (Lipinski definition) is 0. The number of rotatable bonds is 4. The average molecular weight is 406 g/mol. The lowest BCUT2D eigenvalue weighted by Crippen LogP contribution is -2.51. The van der Waals surface area contributed by atoms with E-state index >= 15 is 0 Å². The standard InChI is InChI=1S/C22H22N4O4/c1-13-5-6-17(8-14(13)2)26-12-15(9-19(26)27)22(28)25-10-16(11-25)21-23-20(24-30-21)18-4-3-7-29-18/h3-8,15-16H,9-12H2,1-2H3. The number of hydrogen-bond acceptors (Lipinski definition) is 6. The monoisotopic (exact) mass is 406 g/mol. The molecule has 2 aliphatic rings. The van der Waals surface area contributed by atoms with Crippen LogP contribution in [0.15, 0.2) is 45.5 Å². The zero-order valence-electron chi connectivity index (χ0n) is 16.9.